The van der Waals surface area contributed by atoms with E-state index in [1.54, 1.807) is 24.3 Å². The minimum atomic E-state index is -3.38. The molecule has 102 valence electrons. The molecule has 7 nitrogen and oxygen atoms in total. The number of aromatic nitrogens is 2. The molecule has 0 radical (unpaired) electrons. The van der Waals surface area contributed by atoms with Crippen molar-refractivity contribution in [2.24, 2.45) is 0 Å². The standard InChI is InChI=1S/C11H14N4O3S/c1-12-19(16,17)10-4-2-9(3-5-10)13-7-6-11-14-8-15-18-11/h2-5,8,12-13H,6-7H2,1H3. The summed E-state index contributed by atoms with van der Waals surface area (Å²) < 4.78 is 30.2. The lowest BCUT2D eigenvalue weighted by atomic mass is 10.3. The number of hydrogen-bond acceptors (Lipinski definition) is 6. The van der Waals surface area contributed by atoms with Crippen LogP contribution in [0.15, 0.2) is 40.0 Å². The minimum Gasteiger partial charge on any atom is -0.385 e. The highest BCUT2D eigenvalue weighted by Crippen LogP contribution is 2.13. The van der Waals surface area contributed by atoms with Crippen LogP contribution in [0.25, 0.3) is 0 Å². The van der Waals surface area contributed by atoms with Crippen molar-refractivity contribution in [3.8, 4) is 0 Å². The zero-order valence-corrected chi connectivity index (χ0v) is 11.1. The first kappa shape index (κ1) is 13.5. The van der Waals surface area contributed by atoms with Gasteiger partial charge >= 0.3 is 0 Å². The lowest BCUT2D eigenvalue weighted by Gasteiger charge is -2.06. The Morgan fingerprint density at radius 3 is 2.58 bits per heavy atom. The Morgan fingerprint density at radius 2 is 2.00 bits per heavy atom. The average Bonchev–Trinajstić information content (AvgIpc) is 2.92. The summed E-state index contributed by atoms with van der Waals surface area (Å²) in [7, 11) is -2.00. The number of nitrogens with zero attached hydrogens (tertiary/aromatic N) is 2. The van der Waals surface area contributed by atoms with Gasteiger partial charge in [0.1, 0.15) is 0 Å². The molecule has 0 aliphatic rings. The van der Waals surface area contributed by atoms with Crippen LogP contribution in [0.4, 0.5) is 5.69 Å². The van der Waals surface area contributed by atoms with Crippen LogP contribution in [0.5, 0.6) is 0 Å². The second-order valence-corrected chi connectivity index (χ2v) is 5.63. The summed E-state index contributed by atoms with van der Waals surface area (Å²) in [6, 6.07) is 6.50. The number of nitrogens with one attached hydrogen (secondary N) is 2. The van der Waals surface area contributed by atoms with Crippen LogP contribution in [-0.4, -0.2) is 32.2 Å². The van der Waals surface area contributed by atoms with E-state index in [2.05, 4.69) is 20.2 Å². The number of sulfonamides is 1. The van der Waals surface area contributed by atoms with Gasteiger partial charge in [0, 0.05) is 18.7 Å². The molecule has 2 rings (SSSR count). The molecule has 0 spiro atoms. The Hall–Kier alpha value is -1.93. The van der Waals surface area contributed by atoms with Crippen LogP contribution >= 0.6 is 0 Å². The van der Waals surface area contributed by atoms with Crippen molar-refractivity contribution in [1.82, 2.24) is 14.9 Å². The quantitative estimate of drug-likeness (QED) is 0.806. The van der Waals surface area contributed by atoms with Crippen LogP contribution < -0.4 is 10.0 Å². The molecule has 1 aromatic carbocycles. The highest BCUT2D eigenvalue weighted by atomic mass is 32.2. The summed E-state index contributed by atoms with van der Waals surface area (Å²) in [4.78, 5) is 4.13. The number of benzene rings is 1. The molecular weight excluding hydrogens is 268 g/mol. The van der Waals surface area contributed by atoms with Crippen molar-refractivity contribution in [3.05, 3.63) is 36.5 Å². The third-order valence-corrected chi connectivity index (χ3v) is 3.94. The largest absolute Gasteiger partial charge is 0.385 e. The van der Waals surface area contributed by atoms with Crippen LogP contribution in [-0.2, 0) is 16.4 Å². The molecule has 8 heteroatoms. The first-order valence-electron chi connectivity index (χ1n) is 5.65. The molecule has 0 atom stereocenters. The predicted octanol–water partition coefficient (Wildman–Crippen LogP) is 0.632. The fourth-order valence-corrected chi connectivity index (χ4v) is 2.22. The van der Waals surface area contributed by atoms with E-state index in [1.165, 1.54) is 13.4 Å². The Morgan fingerprint density at radius 1 is 1.26 bits per heavy atom. The highest BCUT2D eigenvalue weighted by Gasteiger charge is 2.10. The van der Waals surface area contributed by atoms with Gasteiger partial charge in [-0.1, -0.05) is 5.16 Å². The molecule has 0 saturated heterocycles. The summed E-state index contributed by atoms with van der Waals surface area (Å²) in [5.41, 5.74) is 0.828. The molecule has 2 N–H and O–H groups in total. The van der Waals surface area contributed by atoms with E-state index in [9.17, 15) is 8.42 Å². The topological polar surface area (TPSA) is 97.1 Å². The summed E-state index contributed by atoms with van der Waals surface area (Å²) in [5, 5.41) is 6.64. The average molecular weight is 282 g/mol. The monoisotopic (exact) mass is 282 g/mol. The van der Waals surface area contributed by atoms with Gasteiger partial charge in [-0.25, -0.2) is 13.1 Å². The van der Waals surface area contributed by atoms with E-state index in [0.717, 1.165) is 5.69 Å². The summed E-state index contributed by atoms with van der Waals surface area (Å²) in [6.45, 7) is 0.625. The van der Waals surface area contributed by atoms with E-state index < -0.39 is 10.0 Å². The zero-order chi connectivity index (χ0) is 13.7. The van der Waals surface area contributed by atoms with Gasteiger partial charge in [-0.15, -0.1) is 0 Å². The molecule has 0 saturated carbocycles. The maximum atomic E-state index is 11.5. The second-order valence-electron chi connectivity index (χ2n) is 3.74. The van der Waals surface area contributed by atoms with Crippen molar-refractivity contribution >= 4 is 15.7 Å². The first-order valence-corrected chi connectivity index (χ1v) is 7.13. The maximum absolute atomic E-state index is 11.5. The fraction of sp³-hybridized carbons (Fsp3) is 0.273. The Balaban J connectivity index is 1.92. The fourth-order valence-electron chi connectivity index (χ4n) is 1.49. The molecule has 1 heterocycles. The molecule has 0 bridgehead atoms. The predicted molar refractivity (Wildman–Crippen MR) is 69.2 cm³/mol. The number of anilines is 1. The third-order valence-electron chi connectivity index (χ3n) is 2.51. The van der Waals surface area contributed by atoms with Crippen LogP contribution in [0.2, 0.25) is 0 Å². The van der Waals surface area contributed by atoms with Gasteiger partial charge in [-0.2, -0.15) is 4.98 Å². The van der Waals surface area contributed by atoms with Crippen molar-refractivity contribution in [2.45, 2.75) is 11.3 Å². The molecule has 1 aromatic heterocycles. The number of hydrogen-bond donors (Lipinski definition) is 2. The number of rotatable bonds is 6. The van der Waals surface area contributed by atoms with E-state index in [1.807, 2.05) is 0 Å². The van der Waals surface area contributed by atoms with Crippen LogP contribution in [0.3, 0.4) is 0 Å². The second kappa shape index (κ2) is 5.81. The van der Waals surface area contributed by atoms with Gasteiger partial charge < -0.3 is 9.84 Å². The zero-order valence-electron chi connectivity index (χ0n) is 10.3. The smallest absolute Gasteiger partial charge is 0.240 e. The van der Waals surface area contributed by atoms with Crippen LogP contribution in [0, 0.1) is 0 Å². The Bertz CT molecular complexity index is 608. The minimum absolute atomic E-state index is 0.234. The Labute approximate surface area is 111 Å². The Kier molecular flexibility index (Phi) is 4.13. The molecule has 0 unspecified atom stereocenters. The SMILES string of the molecule is CNS(=O)(=O)c1ccc(NCCc2ncno2)cc1. The van der Waals surface area contributed by atoms with Gasteiger partial charge in [-0.3, -0.25) is 0 Å². The molecule has 2 aromatic rings. The van der Waals surface area contributed by atoms with E-state index in [0.29, 0.717) is 18.9 Å². The summed E-state index contributed by atoms with van der Waals surface area (Å²) in [6.07, 6.45) is 1.96. The van der Waals surface area contributed by atoms with Gasteiger partial charge in [0.2, 0.25) is 15.9 Å². The molecule has 19 heavy (non-hydrogen) atoms. The van der Waals surface area contributed by atoms with Gasteiger partial charge in [0.15, 0.2) is 6.33 Å². The summed E-state index contributed by atoms with van der Waals surface area (Å²) in [5.74, 6) is 0.557. The molecular formula is C11H14N4O3S. The highest BCUT2D eigenvalue weighted by molar-refractivity contribution is 7.89. The first-order chi connectivity index (χ1) is 9.12. The molecule has 0 aliphatic carbocycles. The van der Waals surface area contributed by atoms with E-state index >= 15 is 0 Å². The van der Waals surface area contributed by atoms with E-state index in [4.69, 9.17) is 4.52 Å². The molecule has 0 fully saturated rings. The van der Waals surface area contributed by atoms with Crippen LogP contribution in [0.1, 0.15) is 5.89 Å². The molecule has 0 amide bonds. The van der Waals surface area contributed by atoms with Gasteiger partial charge in [0.05, 0.1) is 4.90 Å². The lowest BCUT2D eigenvalue weighted by Crippen LogP contribution is -2.18. The lowest BCUT2D eigenvalue weighted by molar-refractivity contribution is 0.380. The third kappa shape index (κ3) is 3.52. The van der Waals surface area contributed by atoms with Crippen molar-refractivity contribution in [1.29, 1.82) is 0 Å². The van der Waals surface area contributed by atoms with Gasteiger partial charge in [0.25, 0.3) is 0 Å². The van der Waals surface area contributed by atoms with Crippen molar-refractivity contribution in [3.63, 3.8) is 0 Å². The summed E-state index contributed by atoms with van der Waals surface area (Å²) >= 11 is 0. The van der Waals surface area contributed by atoms with Crippen molar-refractivity contribution in [2.75, 3.05) is 18.9 Å². The molecule has 0 aliphatic heterocycles. The maximum Gasteiger partial charge on any atom is 0.240 e. The van der Waals surface area contributed by atoms with Gasteiger partial charge in [-0.05, 0) is 31.3 Å². The van der Waals surface area contributed by atoms with E-state index in [-0.39, 0.29) is 4.90 Å². The van der Waals surface area contributed by atoms with Crippen molar-refractivity contribution < 1.29 is 12.9 Å². The normalized spacial score (nSPS) is 11.4.